The Hall–Kier alpha value is -1.78. The van der Waals surface area contributed by atoms with Crippen LogP contribution in [-0.4, -0.2) is 47.4 Å². The molecule has 0 saturated carbocycles. The van der Waals surface area contributed by atoms with Crippen LogP contribution in [0, 0.1) is 0 Å². The van der Waals surface area contributed by atoms with Crippen LogP contribution < -0.4 is 0 Å². The molecular weight excluding hydrogens is 420 g/mol. The number of carbonyl (C=O) groups is 1. The highest BCUT2D eigenvalue weighted by atomic mass is 16.3. The smallest absolute Gasteiger partial charge is 0.267 e. The molecule has 0 aromatic heterocycles. The number of rotatable bonds is 20. The quantitative estimate of drug-likeness (QED) is 0.127. The number of aliphatic imine (C=N–C) groups is 1. The highest BCUT2D eigenvalue weighted by molar-refractivity contribution is 6.36. The van der Waals surface area contributed by atoms with Gasteiger partial charge in [0.1, 0.15) is 19.6 Å². The molecule has 190 valence electrons. The van der Waals surface area contributed by atoms with Crippen LogP contribution in [-0.2, 0) is 11.3 Å². The van der Waals surface area contributed by atoms with E-state index < -0.39 is 0 Å². The molecule has 1 aliphatic rings. The largest absolute Gasteiger partial charge is 0.390 e. The maximum atomic E-state index is 13.0. The average molecular weight is 470 g/mol. The summed E-state index contributed by atoms with van der Waals surface area (Å²) in [5.74, 6) is 0.868. The summed E-state index contributed by atoms with van der Waals surface area (Å²) < 4.78 is 0.504. The molecule has 0 spiro atoms. The highest BCUT2D eigenvalue weighted by Gasteiger charge is 2.41. The maximum absolute atomic E-state index is 13.0. The highest BCUT2D eigenvalue weighted by Crippen LogP contribution is 2.22. The summed E-state index contributed by atoms with van der Waals surface area (Å²) in [4.78, 5) is 17.6. The number of aliphatic hydroxyl groups excluding tert-OH is 1. The van der Waals surface area contributed by atoms with Gasteiger partial charge in [-0.25, -0.2) is 4.99 Å². The van der Waals surface area contributed by atoms with Gasteiger partial charge in [-0.05, 0) is 32.1 Å². The van der Waals surface area contributed by atoms with E-state index in [0.29, 0.717) is 29.8 Å². The predicted octanol–water partition coefficient (Wildman–Crippen LogP) is 7.01. The van der Waals surface area contributed by atoms with E-state index in [9.17, 15) is 9.90 Å². The Balaban J connectivity index is 1.58. The van der Waals surface area contributed by atoms with E-state index in [0.717, 1.165) is 25.9 Å². The number of amidine groups is 1. The third-order valence-electron chi connectivity index (χ3n) is 7.01. The first-order valence-corrected chi connectivity index (χ1v) is 14.0. The van der Waals surface area contributed by atoms with Crippen LogP contribution in [0.15, 0.2) is 47.5 Å². The molecule has 1 heterocycles. The van der Waals surface area contributed by atoms with Crippen molar-refractivity contribution in [2.24, 2.45) is 4.99 Å². The lowest BCUT2D eigenvalue weighted by Gasteiger charge is -2.33. The molecule has 1 aliphatic heterocycles. The summed E-state index contributed by atoms with van der Waals surface area (Å²) in [6, 6.07) is 10.3. The van der Waals surface area contributed by atoms with Crippen molar-refractivity contribution in [3.63, 3.8) is 0 Å². The number of unbranched alkanes of at least 4 members (excludes halogenated alkanes) is 11. The van der Waals surface area contributed by atoms with E-state index in [1.165, 1.54) is 76.2 Å². The van der Waals surface area contributed by atoms with E-state index >= 15 is 0 Å². The molecule has 0 bridgehead atoms. The van der Waals surface area contributed by atoms with Crippen LogP contribution in [0.4, 0.5) is 0 Å². The van der Waals surface area contributed by atoms with Gasteiger partial charge in [-0.15, -0.1) is 0 Å². The summed E-state index contributed by atoms with van der Waals surface area (Å²) in [6.45, 7) is 5.13. The van der Waals surface area contributed by atoms with Gasteiger partial charge in [0.05, 0.1) is 13.2 Å². The van der Waals surface area contributed by atoms with Crippen molar-refractivity contribution in [1.29, 1.82) is 0 Å². The van der Waals surface area contributed by atoms with Crippen molar-refractivity contribution in [2.45, 2.75) is 103 Å². The van der Waals surface area contributed by atoms with Gasteiger partial charge in [0.2, 0.25) is 5.78 Å². The van der Waals surface area contributed by atoms with Crippen LogP contribution >= 0.6 is 0 Å². The minimum absolute atomic E-state index is 0.0759. The molecule has 0 radical (unpaired) electrons. The first-order chi connectivity index (χ1) is 16.7. The Morgan fingerprint density at radius 1 is 0.912 bits per heavy atom. The normalized spacial score (nSPS) is 18.0. The minimum atomic E-state index is 0.0759. The van der Waals surface area contributed by atoms with Crippen molar-refractivity contribution in [1.82, 2.24) is 0 Å². The second kappa shape index (κ2) is 17.6. The number of hydrogen-bond donors (Lipinski definition) is 1. The first kappa shape index (κ1) is 28.5. The van der Waals surface area contributed by atoms with Gasteiger partial charge in [-0.1, -0.05) is 101 Å². The van der Waals surface area contributed by atoms with Gasteiger partial charge in [0, 0.05) is 12.0 Å². The van der Waals surface area contributed by atoms with Crippen molar-refractivity contribution in [2.75, 3.05) is 26.2 Å². The van der Waals surface area contributed by atoms with E-state index in [2.05, 4.69) is 36.2 Å². The fraction of sp³-hybridized carbons (Fsp3) is 0.667. The fourth-order valence-corrected chi connectivity index (χ4v) is 5.00. The zero-order valence-corrected chi connectivity index (χ0v) is 21.7. The van der Waals surface area contributed by atoms with Crippen LogP contribution in [0.5, 0.6) is 0 Å². The Morgan fingerprint density at radius 2 is 1.53 bits per heavy atom. The molecule has 1 unspecified atom stereocenters. The second-order valence-corrected chi connectivity index (χ2v) is 9.92. The third kappa shape index (κ3) is 10.7. The maximum Gasteiger partial charge on any atom is 0.267 e. The van der Waals surface area contributed by atoms with Crippen LogP contribution in [0.2, 0.25) is 0 Å². The summed E-state index contributed by atoms with van der Waals surface area (Å²) in [5.41, 5.74) is 1.19. The molecule has 1 aromatic carbocycles. The molecule has 0 aliphatic carbocycles. The fourth-order valence-electron chi connectivity index (χ4n) is 5.00. The lowest BCUT2D eigenvalue weighted by atomic mass is 10.1. The van der Waals surface area contributed by atoms with E-state index in [-0.39, 0.29) is 12.4 Å². The van der Waals surface area contributed by atoms with Gasteiger partial charge in [-0.3, -0.25) is 9.28 Å². The predicted molar refractivity (Wildman–Crippen MR) is 144 cm³/mol. The summed E-state index contributed by atoms with van der Waals surface area (Å²) in [6.07, 6.45) is 21.7. The van der Waals surface area contributed by atoms with Crippen molar-refractivity contribution in [3.05, 3.63) is 48.0 Å². The van der Waals surface area contributed by atoms with E-state index in [4.69, 9.17) is 0 Å². The Bertz CT molecular complexity index is 729. The Labute approximate surface area is 208 Å². The third-order valence-corrected chi connectivity index (χ3v) is 7.01. The van der Waals surface area contributed by atoms with Crippen molar-refractivity contribution < 1.29 is 14.4 Å². The van der Waals surface area contributed by atoms with Gasteiger partial charge in [0.15, 0.2) is 0 Å². The first-order valence-electron chi connectivity index (χ1n) is 14.0. The summed E-state index contributed by atoms with van der Waals surface area (Å²) in [7, 11) is 0. The van der Waals surface area contributed by atoms with E-state index in [1.807, 2.05) is 18.2 Å². The molecule has 1 atom stereocenters. The second-order valence-electron chi connectivity index (χ2n) is 9.92. The molecule has 0 saturated heterocycles. The van der Waals surface area contributed by atoms with Gasteiger partial charge in [0.25, 0.3) is 5.84 Å². The molecule has 0 fully saturated rings. The van der Waals surface area contributed by atoms with Gasteiger partial charge in [-0.2, -0.15) is 0 Å². The zero-order chi connectivity index (χ0) is 24.3. The number of quaternary nitrogens is 1. The zero-order valence-electron chi connectivity index (χ0n) is 21.7. The molecule has 1 N–H and O–H groups in total. The van der Waals surface area contributed by atoms with Crippen molar-refractivity contribution in [3.8, 4) is 0 Å². The van der Waals surface area contributed by atoms with Gasteiger partial charge >= 0.3 is 0 Å². The van der Waals surface area contributed by atoms with Crippen LogP contribution in [0.3, 0.4) is 0 Å². The number of benzene rings is 1. The molecular formula is C30H49N2O2+. The number of allylic oxidation sites excluding steroid dienone is 2. The van der Waals surface area contributed by atoms with Crippen LogP contribution in [0.1, 0.15) is 102 Å². The topological polar surface area (TPSA) is 49.7 Å². The number of nitrogens with zero attached hydrogens (tertiary/aromatic N) is 2. The van der Waals surface area contributed by atoms with Crippen molar-refractivity contribution >= 4 is 11.6 Å². The number of ketones is 1. The molecule has 1 aromatic rings. The minimum Gasteiger partial charge on any atom is -0.390 e. The molecule has 34 heavy (non-hydrogen) atoms. The van der Waals surface area contributed by atoms with Crippen LogP contribution in [0.25, 0.3) is 0 Å². The number of carbonyl (C=O) groups excluding carboxylic acids is 1. The summed E-state index contributed by atoms with van der Waals surface area (Å²) in [5, 5.41) is 9.70. The van der Waals surface area contributed by atoms with Gasteiger partial charge < -0.3 is 5.11 Å². The SMILES string of the molecule is CCCCCCCC/C=C\CCCCCCCC(=O)C1=NCC[N+]1(CCO)Cc1ccccc1. The number of hydrogen-bond acceptors (Lipinski definition) is 3. The molecule has 2 rings (SSSR count). The summed E-state index contributed by atoms with van der Waals surface area (Å²) >= 11 is 0. The standard InChI is InChI=1S/C30H49N2O2/c1-2-3-4-5-6-7-8-9-10-11-12-13-14-15-19-22-29(34)30-31-23-24-32(30,25-26-33)27-28-20-17-16-18-21-28/h9-10,16-18,20-21,33H,2-8,11-15,19,22-27H2,1H3/q+1/b10-9-. The Kier molecular flexibility index (Phi) is 14.8. The molecule has 4 nitrogen and oxygen atoms in total. The lowest BCUT2D eigenvalue weighted by molar-refractivity contribution is -0.847. The average Bonchev–Trinajstić information content (AvgIpc) is 3.25. The monoisotopic (exact) mass is 469 g/mol. The molecule has 4 heteroatoms. The number of aliphatic hydroxyl groups is 1. The van der Waals surface area contributed by atoms with E-state index in [1.54, 1.807) is 0 Å². The number of Topliss-reactive ketones (excluding diaryl/α,β-unsaturated/α-hetero) is 1. The molecule has 0 amide bonds. The lowest BCUT2D eigenvalue weighted by Crippen LogP contribution is -2.54. The Morgan fingerprint density at radius 3 is 2.18 bits per heavy atom.